The van der Waals surface area contributed by atoms with Crippen molar-refractivity contribution in [3.63, 3.8) is 0 Å². The molecule has 0 aromatic carbocycles. The first kappa shape index (κ1) is 62.1. The fraction of sp³-hybridized carbons (Fsp3) is 0.780. The second kappa shape index (κ2) is 53.7. The fourth-order valence-corrected chi connectivity index (χ4v) is 8.00. The summed E-state index contributed by atoms with van der Waals surface area (Å²) in [6, 6.07) is 0. The first-order valence-corrected chi connectivity index (χ1v) is 27.9. The van der Waals surface area contributed by atoms with Crippen LogP contribution in [0.4, 0.5) is 0 Å². The standard InChI is InChI=1S/C59H104O6/c1-4-7-10-13-16-19-22-25-27-28-29-30-32-34-37-40-43-46-49-52-58(61)64-55-56(54-63-57(60)51-48-45-42-39-36-33-24-21-18-15-12-9-6-3)65-59(62)53-50-47-44-41-38-35-31-26-23-20-17-14-11-8-5-2/h9,12,15,18,21,24,33,36,39,42,56H,4-8,10-11,13-14,16-17,19-20,22-23,25-32,34-35,37-38,40-41,43-55H2,1-3H3/b12-9-,18-15-,24-21-,36-33-,42-39-. The number of carbonyl (C=O) groups is 3. The highest BCUT2D eigenvalue weighted by molar-refractivity contribution is 5.71. The SMILES string of the molecule is CC\C=C/C=C\C=C/C=C\C=C/CCCC(=O)OCC(COC(=O)CCCCCCCCCCCCCCCCCCCCC)OC(=O)CCCCCCCCCCCCCCCCC. The summed E-state index contributed by atoms with van der Waals surface area (Å²) in [4.78, 5) is 38.0. The van der Waals surface area contributed by atoms with Crippen LogP contribution in [0.5, 0.6) is 0 Å². The number of hydrogen-bond donors (Lipinski definition) is 0. The first-order valence-electron chi connectivity index (χ1n) is 27.9. The number of allylic oxidation sites excluding steroid dienone is 10. The lowest BCUT2D eigenvalue weighted by atomic mass is 10.0. The van der Waals surface area contributed by atoms with Crippen LogP contribution in [0.25, 0.3) is 0 Å². The molecule has 6 heteroatoms. The van der Waals surface area contributed by atoms with Crippen molar-refractivity contribution < 1.29 is 28.6 Å². The topological polar surface area (TPSA) is 78.9 Å². The van der Waals surface area contributed by atoms with E-state index in [1.54, 1.807) is 0 Å². The molecule has 376 valence electrons. The minimum atomic E-state index is -0.799. The predicted molar refractivity (Wildman–Crippen MR) is 279 cm³/mol. The molecule has 1 unspecified atom stereocenters. The van der Waals surface area contributed by atoms with Crippen LogP contribution >= 0.6 is 0 Å². The third-order valence-electron chi connectivity index (χ3n) is 12.2. The van der Waals surface area contributed by atoms with E-state index in [0.717, 1.165) is 51.4 Å². The highest BCUT2D eigenvalue weighted by Gasteiger charge is 2.19. The molecule has 0 aliphatic heterocycles. The molecule has 6 nitrogen and oxygen atoms in total. The van der Waals surface area contributed by atoms with E-state index in [9.17, 15) is 14.4 Å². The van der Waals surface area contributed by atoms with Crippen molar-refractivity contribution in [3.05, 3.63) is 60.8 Å². The summed E-state index contributed by atoms with van der Waals surface area (Å²) in [6.07, 6.45) is 66.5. The van der Waals surface area contributed by atoms with Gasteiger partial charge in [-0.15, -0.1) is 0 Å². The molecule has 0 aliphatic carbocycles. The number of hydrogen-bond acceptors (Lipinski definition) is 6. The molecule has 0 spiro atoms. The van der Waals surface area contributed by atoms with Crippen LogP contribution in [0.3, 0.4) is 0 Å². The average molecular weight is 909 g/mol. The molecule has 0 saturated heterocycles. The molecule has 0 rings (SSSR count). The summed E-state index contributed by atoms with van der Waals surface area (Å²) < 4.78 is 16.8. The van der Waals surface area contributed by atoms with Gasteiger partial charge in [-0.05, 0) is 32.1 Å². The Balaban J connectivity index is 4.38. The van der Waals surface area contributed by atoms with Gasteiger partial charge in [-0.1, -0.05) is 287 Å². The lowest BCUT2D eigenvalue weighted by Crippen LogP contribution is -2.30. The van der Waals surface area contributed by atoms with Gasteiger partial charge in [0.2, 0.25) is 0 Å². The summed E-state index contributed by atoms with van der Waals surface area (Å²) in [5, 5.41) is 0. The number of carbonyl (C=O) groups excluding carboxylic acids is 3. The maximum Gasteiger partial charge on any atom is 0.306 e. The van der Waals surface area contributed by atoms with Gasteiger partial charge in [0, 0.05) is 19.3 Å². The summed E-state index contributed by atoms with van der Waals surface area (Å²) in [5.74, 6) is -0.957. The quantitative estimate of drug-likeness (QED) is 0.0262. The van der Waals surface area contributed by atoms with Gasteiger partial charge in [0.05, 0.1) is 0 Å². The van der Waals surface area contributed by atoms with Crippen LogP contribution in [0.1, 0.15) is 278 Å². The van der Waals surface area contributed by atoms with Crippen molar-refractivity contribution >= 4 is 17.9 Å². The highest BCUT2D eigenvalue weighted by Crippen LogP contribution is 2.17. The van der Waals surface area contributed by atoms with Crippen molar-refractivity contribution in [3.8, 4) is 0 Å². The molecule has 0 N–H and O–H groups in total. The molecule has 0 aromatic heterocycles. The molecule has 0 fully saturated rings. The zero-order valence-electron chi connectivity index (χ0n) is 43.0. The van der Waals surface area contributed by atoms with Crippen LogP contribution in [0, 0.1) is 0 Å². The van der Waals surface area contributed by atoms with E-state index in [0.29, 0.717) is 19.3 Å². The van der Waals surface area contributed by atoms with Crippen LogP contribution in [0.15, 0.2) is 60.8 Å². The molecular weight excluding hydrogens is 805 g/mol. The lowest BCUT2D eigenvalue weighted by Gasteiger charge is -2.18. The minimum absolute atomic E-state index is 0.0927. The van der Waals surface area contributed by atoms with Gasteiger partial charge in [0.1, 0.15) is 13.2 Å². The van der Waals surface area contributed by atoms with Crippen molar-refractivity contribution in [1.29, 1.82) is 0 Å². The fourth-order valence-electron chi connectivity index (χ4n) is 8.00. The second-order valence-corrected chi connectivity index (χ2v) is 18.6. The van der Waals surface area contributed by atoms with Gasteiger partial charge >= 0.3 is 17.9 Å². The van der Waals surface area contributed by atoms with Crippen LogP contribution in [0.2, 0.25) is 0 Å². The van der Waals surface area contributed by atoms with Gasteiger partial charge in [-0.2, -0.15) is 0 Å². The van der Waals surface area contributed by atoms with Crippen LogP contribution in [-0.2, 0) is 28.6 Å². The van der Waals surface area contributed by atoms with Gasteiger partial charge < -0.3 is 14.2 Å². The van der Waals surface area contributed by atoms with Crippen molar-refractivity contribution in [2.75, 3.05) is 13.2 Å². The molecular formula is C59H104O6. The minimum Gasteiger partial charge on any atom is -0.462 e. The molecule has 0 aliphatic rings. The average Bonchev–Trinajstić information content (AvgIpc) is 3.30. The second-order valence-electron chi connectivity index (χ2n) is 18.6. The predicted octanol–water partition coefficient (Wildman–Crippen LogP) is 18.4. The molecule has 0 aromatic rings. The summed E-state index contributed by atoms with van der Waals surface area (Å²) in [5.41, 5.74) is 0. The Labute approximate surface area is 402 Å². The molecule has 0 amide bonds. The maximum atomic E-state index is 12.8. The Morgan fingerprint density at radius 1 is 0.323 bits per heavy atom. The molecule has 65 heavy (non-hydrogen) atoms. The van der Waals surface area contributed by atoms with E-state index in [1.165, 1.54) is 180 Å². The Hall–Kier alpha value is -2.89. The number of rotatable bonds is 50. The Morgan fingerprint density at radius 2 is 0.600 bits per heavy atom. The highest BCUT2D eigenvalue weighted by atomic mass is 16.6. The molecule has 0 heterocycles. The number of unbranched alkanes of at least 4 members (excludes halogenated alkanes) is 33. The molecule has 0 radical (unpaired) electrons. The third kappa shape index (κ3) is 51.9. The Morgan fingerprint density at radius 3 is 0.938 bits per heavy atom. The normalized spacial score (nSPS) is 12.5. The van der Waals surface area contributed by atoms with Crippen molar-refractivity contribution in [1.82, 2.24) is 0 Å². The Kier molecular flexibility index (Phi) is 51.3. The van der Waals surface area contributed by atoms with Gasteiger partial charge in [0.25, 0.3) is 0 Å². The lowest BCUT2D eigenvalue weighted by molar-refractivity contribution is -0.167. The summed E-state index contributed by atoms with van der Waals surface area (Å²) in [6.45, 7) is 6.47. The zero-order chi connectivity index (χ0) is 47.2. The van der Waals surface area contributed by atoms with Crippen molar-refractivity contribution in [2.24, 2.45) is 0 Å². The van der Waals surface area contributed by atoms with E-state index >= 15 is 0 Å². The molecule has 0 bridgehead atoms. The summed E-state index contributed by atoms with van der Waals surface area (Å²) in [7, 11) is 0. The maximum absolute atomic E-state index is 12.8. The largest absolute Gasteiger partial charge is 0.462 e. The van der Waals surface area contributed by atoms with Gasteiger partial charge in [-0.3, -0.25) is 14.4 Å². The molecule has 0 saturated carbocycles. The van der Waals surface area contributed by atoms with Gasteiger partial charge in [0.15, 0.2) is 6.10 Å². The van der Waals surface area contributed by atoms with E-state index in [1.807, 2.05) is 54.7 Å². The van der Waals surface area contributed by atoms with E-state index in [-0.39, 0.29) is 37.5 Å². The van der Waals surface area contributed by atoms with E-state index in [2.05, 4.69) is 26.8 Å². The molecule has 1 atom stereocenters. The first-order chi connectivity index (χ1) is 32.0. The monoisotopic (exact) mass is 909 g/mol. The van der Waals surface area contributed by atoms with Crippen molar-refractivity contribution in [2.45, 2.75) is 284 Å². The van der Waals surface area contributed by atoms with E-state index < -0.39 is 6.10 Å². The summed E-state index contributed by atoms with van der Waals surface area (Å²) >= 11 is 0. The van der Waals surface area contributed by atoms with Crippen LogP contribution < -0.4 is 0 Å². The number of esters is 3. The zero-order valence-corrected chi connectivity index (χ0v) is 43.0. The third-order valence-corrected chi connectivity index (χ3v) is 12.2. The smallest absolute Gasteiger partial charge is 0.306 e. The van der Waals surface area contributed by atoms with Gasteiger partial charge in [-0.25, -0.2) is 0 Å². The number of ether oxygens (including phenoxy) is 3. The van der Waals surface area contributed by atoms with E-state index in [4.69, 9.17) is 14.2 Å². The van der Waals surface area contributed by atoms with Crippen LogP contribution in [-0.4, -0.2) is 37.2 Å². The Bertz CT molecular complexity index is 1180.